The van der Waals surface area contributed by atoms with E-state index in [-0.39, 0.29) is 18.3 Å². The standard InChI is InChI=1S/C55H49N5O7/c1-4-46(39-20-19-38-29-36-15-11-12-16-37(36)30-40(38)31-39)66-50-49(61)47(67-54(50)60-34-58-48-51(56-33-57-52(48)60)59-53(62)35-13-7-5-8-14-35)32-65-55(41-17-9-6-10-18-41,42-21-25-44(63-2)26-22-42)43-23-27-45(64-3)28-24-43/h5-31,33-34,46-47,49-50,54,61H,4,32H2,1-3H3,(H,56,57,59,62)/t46?,47-,49-,50-,54-/m1/s1. The summed E-state index contributed by atoms with van der Waals surface area (Å²) in [6.45, 7) is 2.00. The van der Waals surface area contributed by atoms with Crippen LogP contribution in [0.5, 0.6) is 11.5 Å². The van der Waals surface area contributed by atoms with Gasteiger partial charge in [-0.25, -0.2) is 15.0 Å². The normalized spacial score (nSPS) is 17.7. The van der Waals surface area contributed by atoms with Crippen LogP contribution >= 0.6 is 0 Å². The summed E-state index contributed by atoms with van der Waals surface area (Å²) in [6.07, 6.45) is -0.861. The number of hydrogen-bond donors (Lipinski definition) is 2. The summed E-state index contributed by atoms with van der Waals surface area (Å²) < 4.78 is 34.2. The molecule has 2 N–H and O–H groups in total. The topological polar surface area (TPSA) is 139 Å². The van der Waals surface area contributed by atoms with Gasteiger partial charge in [0.15, 0.2) is 23.2 Å². The number of nitrogens with one attached hydrogen (secondary N) is 1. The van der Waals surface area contributed by atoms with Gasteiger partial charge in [-0.3, -0.25) is 9.36 Å². The lowest BCUT2D eigenvalue weighted by Crippen LogP contribution is -2.40. The number of rotatable bonds is 15. The second-order valence-electron chi connectivity index (χ2n) is 16.5. The van der Waals surface area contributed by atoms with Crippen LogP contribution < -0.4 is 14.8 Å². The molecule has 10 rings (SSSR count). The number of carbonyl (C=O) groups is 1. The zero-order valence-electron chi connectivity index (χ0n) is 37.2. The Labute approximate surface area is 387 Å². The van der Waals surface area contributed by atoms with Gasteiger partial charge in [0.2, 0.25) is 0 Å². The number of hydrogen-bond acceptors (Lipinski definition) is 10. The molecule has 1 aliphatic heterocycles. The minimum absolute atomic E-state index is 0.0652. The molecule has 9 aromatic rings. The van der Waals surface area contributed by atoms with E-state index in [1.807, 2.05) is 97.1 Å². The van der Waals surface area contributed by atoms with Crippen LogP contribution in [0.3, 0.4) is 0 Å². The molecule has 1 fully saturated rings. The number of aliphatic hydroxyl groups excluding tert-OH is 1. The Bertz CT molecular complexity index is 3100. The first-order chi connectivity index (χ1) is 32.9. The third kappa shape index (κ3) is 8.36. The predicted molar refractivity (Wildman–Crippen MR) is 257 cm³/mol. The van der Waals surface area contributed by atoms with Crippen LogP contribution in [0.1, 0.15) is 58.3 Å². The van der Waals surface area contributed by atoms with Crippen LogP contribution in [0.15, 0.2) is 176 Å². The van der Waals surface area contributed by atoms with Crippen molar-refractivity contribution in [3.63, 3.8) is 0 Å². The van der Waals surface area contributed by atoms with Crippen molar-refractivity contribution in [1.82, 2.24) is 19.5 Å². The Morgan fingerprint density at radius 1 is 0.716 bits per heavy atom. The lowest BCUT2D eigenvalue weighted by atomic mass is 9.80. The first-order valence-electron chi connectivity index (χ1n) is 22.3. The van der Waals surface area contributed by atoms with Crippen molar-refractivity contribution >= 4 is 44.4 Å². The van der Waals surface area contributed by atoms with E-state index >= 15 is 0 Å². The maximum Gasteiger partial charge on any atom is 0.256 e. The number of imidazole rings is 1. The molecule has 12 heteroatoms. The summed E-state index contributed by atoms with van der Waals surface area (Å²) in [5.74, 6) is 1.28. The number of benzene rings is 7. The fourth-order valence-corrected chi connectivity index (χ4v) is 9.17. The molecule has 0 saturated carbocycles. The summed E-state index contributed by atoms with van der Waals surface area (Å²) in [7, 11) is 3.27. The average Bonchev–Trinajstić information content (AvgIpc) is 3.96. The maximum absolute atomic E-state index is 13.3. The van der Waals surface area contributed by atoms with Gasteiger partial charge in [-0.1, -0.05) is 116 Å². The smallest absolute Gasteiger partial charge is 0.256 e. The minimum atomic E-state index is -1.19. The Morgan fingerprint density at radius 3 is 1.96 bits per heavy atom. The molecule has 336 valence electrons. The lowest BCUT2D eigenvalue weighted by molar-refractivity contribution is -0.106. The zero-order valence-corrected chi connectivity index (χ0v) is 37.2. The SMILES string of the molecule is CCC(O[C@@H]1[C@H](O)[C@@H](COC(c2ccccc2)(c2ccc(OC)cc2)c2ccc(OC)cc2)O[C@H]1n1cnc2c(NC(=O)c3ccccc3)ncnc21)c1ccc2cc3ccccc3cc2c1. The van der Waals surface area contributed by atoms with Gasteiger partial charge in [-0.05, 0) is 105 Å². The summed E-state index contributed by atoms with van der Waals surface area (Å²) in [5.41, 5.74) is 3.50. The number of ether oxygens (including phenoxy) is 5. The number of amides is 1. The van der Waals surface area contributed by atoms with Crippen molar-refractivity contribution in [3.8, 4) is 11.5 Å². The molecule has 1 amide bonds. The summed E-state index contributed by atoms with van der Waals surface area (Å²) in [6, 6.07) is 53.5. The molecular weight excluding hydrogens is 843 g/mol. The number of aromatic nitrogens is 4. The monoisotopic (exact) mass is 891 g/mol. The van der Waals surface area contributed by atoms with Gasteiger partial charge < -0.3 is 34.1 Å². The van der Waals surface area contributed by atoms with E-state index in [9.17, 15) is 9.90 Å². The third-order valence-corrected chi connectivity index (χ3v) is 12.6. The Kier molecular flexibility index (Phi) is 12.2. The molecule has 0 bridgehead atoms. The van der Waals surface area contributed by atoms with Crippen molar-refractivity contribution in [2.24, 2.45) is 0 Å². The number of carbonyl (C=O) groups excluding carboxylic acids is 1. The van der Waals surface area contributed by atoms with Gasteiger partial charge in [0, 0.05) is 5.56 Å². The molecule has 1 saturated heterocycles. The van der Waals surface area contributed by atoms with Crippen molar-refractivity contribution < 1.29 is 33.6 Å². The Balaban J connectivity index is 1.04. The first kappa shape index (κ1) is 43.4. The highest BCUT2D eigenvalue weighted by Crippen LogP contribution is 2.44. The first-order valence-corrected chi connectivity index (χ1v) is 22.3. The fraction of sp³-hybridized carbons (Fsp3) is 0.200. The largest absolute Gasteiger partial charge is 0.497 e. The van der Waals surface area contributed by atoms with Crippen LogP contribution in [-0.4, -0.2) is 69.7 Å². The summed E-state index contributed by atoms with van der Waals surface area (Å²) >= 11 is 0. The van der Waals surface area contributed by atoms with E-state index in [1.54, 1.807) is 49.4 Å². The van der Waals surface area contributed by atoms with Gasteiger partial charge >= 0.3 is 0 Å². The van der Waals surface area contributed by atoms with Gasteiger partial charge in [0.25, 0.3) is 5.91 Å². The van der Waals surface area contributed by atoms with E-state index in [4.69, 9.17) is 28.7 Å². The molecule has 2 aromatic heterocycles. The van der Waals surface area contributed by atoms with Crippen LogP contribution in [-0.2, 0) is 19.8 Å². The van der Waals surface area contributed by atoms with E-state index in [0.717, 1.165) is 38.4 Å². The number of methoxy groups -OCH3 is 2. The minimum Gasteiger partial charge on any atom is -0.497 e. The van der Waals surface area contributed by atoms with Crippen LogP contribution in [0.25, 0.3) is 32.7 Å². The second kappa shape index (κ2) is 18.8. The number of anilines is 1. The van der Waals surface area contributed by atoms with Crippen molar-refractivity contribution in [1.29, 1.82) is 0 Å². The summed E-state index contributed by atoms with van der Waals surface area (Å²) in [5, 5.41) is 20.0. The molecule has 67 heavy (non-hydrogen) atoms. The highest BCUT2D eigenvalue weighted by Gasteiger charge is 2.49. The zero-order chi connectivity index (χ0) is 45.9. The molecule has 0 radical (unpaired) electrons. The van der Waals surface area contributed by atoms with Gasteiger partial charge in [-0.15, -0.1) is 0 Å². The molecule has 0 aliphatic carbocycles. The van der Waals surface area contributed by atoms with Crippen molar-refractivity contribution in [2.45, 2.75) is 49.6 Å². The molecule has 12 nitrogen and oxygen atoms in total. The second-order valence-corrected chi connectivity index (χ2v) is 16.5. The van der Waals surface area contributed by atoms with E-state index in [0.29, 0.717) is 34.6 Å². The molecule has 3 heterocycles. The molecule has 1 aliphatic rings. The van der Waals surface area contributed by atoms with Gasteiger partial charge in [0.1, 0.15) is 41.7 Å². The van der Waals surface area contributed by atoms with E-state index < -0.39 is 36.2 Å². The maximum atomic E-state index is 13.3. The van der Waals surface area contributed by atoms with Gasteiger partial charge in [-0.2, -0.15) is 0 Å². The van der Waals surface area contributed by atoms with Crippen LogP contribution in [0.4, 0.5) is 5.82 Å². The summed E-state index contributed by atoms with van der Waals surface area (Å²) in [4.78, 5) is 27.0. The van der Waals surface area contributed by atoms with Crippen LogP contribution in [0.2, 0.25) is 0 Å². The van der Waals surface area contributed by atoms with Crippen molar-refractivity contribution in [2.75, 3.05) is 26.1 Å². The molecule has 5 atom stereocenters. The van der Waals surface area contributed by atoms with E-state index in [2.05, 4.69) is 64.7 Å². The highest BCUT2D eigenvalue weighted by atomic mass is 16.6. The predicted octanol–water partition coefficient (Wildman–Crippen LogP) is 10.2. The number of fused-ring (bicyclic) bond motifs is 3. The number of aliphatic hydroxyl groups is 1. The fourth-order valence-electron chi connectivity index (χ4n) is 9.17. The Hall–Kier alpha value is -7.48. The Morgan fingerprint density at radius 2 is 1.31 bits per heavy atom. The lowest BCUT2D eigenvalue weighted by Gasteiger charge is -2.37. The van der Waals surface area contributed by atoms with Crippen molar-refractivity contribution in [3.05, 3.63) is 204 Å². The number of nitrogens with zero attached hydrogens (tertiary/aromatic N) is 4. The third-order valence-electron chi connectivity index (χ3n) is 12.6. The molecule has 1 unspecified atom stereocenters. The van der Waals surface area contributed by atoms with Gasteiger partial charge in [0.05, 0.1) is 33.3 Å². The van der Waals surface area contributed by atoms with E-state index in [1.165, 1.54) is 11.7 Å². The van der Waals surface area contributed by atoms with Crippen LogP contribution in [0, 0.1) is 0 Å². The average molecular weight is 892 g/mol. The molecular formula is C55H49N5O7. The highest BCUT2D eigenvalue weighted by molar-refractivity contribution is 6.06. The molecule has 7 aromatic carbocycles. The quantitative estimate of drug-likeness (QED) is 0.0755. The molecule has 0 spiro atoms.